The molecule has 0 radical (unpaired) electrons. The molecule has 0 heterocycles. The molecule has 0 spiro atoms. The van der Waals surface area contributed by atoms with Gasteiger partial charge in [-0.15, -0.1) is 0 Å². The zero-order valence-corrected chi connectivity index (χ0v) is 7.58. The molecule has 3 heteroatoms. The van der Waals surface area contributed by atoms with Crippen LogP contribution in [0.2, 0.25) is 0 Å². The lowest BCUT2D eigenvalue weighted by Gasteiger charge is -2.07. The van der Waals surface area contributed by atoms with Gasteiger partial charge in [0.15, 0.2) is 0 Å². The molecule has 1 atom stereocenters. The summed E-state index contributed by atoms with van der Waals surface area (Å²) in [7, 11) is 0. The molecule has 0 amide bonds. The van der Waals surface area contributed by atoms with Gasteiger partial charge < -0.3 is 10.5 Å². The van der Waals surface area contributed by atoms with Gasteiger partial charge in [-0.3, -0.25) is 0 Å². The van der Waals surface area contributed by atoms with Crippen LogP contribution >= 0.6 is 0 Å². The van der Waals surface area contributed by atoms with Crippen molar-refractivity contribution in [1.29, 1.82) is 0 Å². The van der Waals surface area contributed by atoms with Gasteiger partial charge in [0.2, 0.25) is 0 Å². The van der Waals surface area contributed by atoms with E-state index in [2.05, 4.69) is 6.58 Å². The number of ether oxygens (including phenoxy) is 1. The van der Waals surface area contributed by atoms with Crippen molar-refractivity contribution < 1.29 is 9.53 Å². The van der Waals surface area contributed by atoms with E-state index in [1.807, 2.05) is 6.92 Å². The Morgan fingerprint density at radius 1 is 1.75 bits per heavy atom. The highest BCUT2D eigenvalue weighted by Gasteiger charge is 1.99. The van der Waals surface area contributed by atoms with Gasteiger partial charge in [0.25, 0.3) is 0 Å². The zero-order chi connectivity index (χ0) is 9.40. The summed E-state index contributed by atoms with van der Waals surface area (Å²) in [5.74, 6) is -0.361. The second kappa shape index (κ2) is 6.85. The molecule has 0 aromatic carbocycles. The average Bonchev–Trinajstić information content (AvgIpc) is 2.11. The highest BCUT2D eigenvalue weighted by Crippen LogP contribution is 1.98. The third kappa shape index (κ3) is 5.92. The van der Waals surface area contributed by atoms with E-state index in [1.54, 1.807) is 0 Å². The molecule has 0 saturated carbocycles. The average molecular weight is 171 g/mol. The molecule has 0 aromatic rings. The minimum absolute atomic E-state index is 0.229. The van der Waals surface area contributed by atoms with Crippen LogP contribution < -0.4 is 5.73 Å². The number of hydrogen-bond acceptors (Lipinski definition) is 3. The molecule has 0 aromatic heterocycles. The number of hydrogen-bond donors (Lipinski definition) is 1. The third-order valence-electron chi connectivity index (χ3n) is 1.65. The Balaban J connectivity index is 3.21. The minimum atomic E-state index is -0.361. The van der Waals surface area contributed by atoms with E-state index in [4.69, 9.17) is 10.5 Å². The molecule has 3 nitrogen and oxygen atoms in total. The van der Waals surface area contributed by atoms with Crippen molar-refractivity contribution in [2.75, 3.05) is 6.61 Å². The van der Waals surface area contributed by atoms with Crippen molar-refractivity contribution in [3.05, 3.63) is 12.7 Å². The summed E-state index contributed by atoms with van der Waals surface area (Å²) in [4.78, 5) is 10.6. The van der Waals surface area contributed by atoms with Gasteiger partial charge in [0, 0.05) is 12.1 Å². The fourth-order valence-corrected chi connectivity index (χ4v) is 0.781. The summed E-state index contributed by atoms with van der Waals surface area (Å²) in [5.41, 5.74) is 5.66. The van der Waals surface area contributed by atoms with Crippen molar-refractivity contribution in [1.82, 2.24) is 0 Å². The summed E-state index contributed by atoms with van der Waals surface area (Å²) in [6, 6.07) is 0.229. The van der Waals surface area contributed by atoms with Gasteiger partial charge in [-0.1, -0.05) is 13.5 Å². The van der Waals surface area contributed by atoms with Crippen LogP contribution in [0.3, 0.4) is 0 Å². The zero-order valence-electron chi connectivity index (χ0n) is 7.58. The first kappa shape index (κ1) is 11.2. The molecule has 12 heavy (non-hydrogen) atoms. The van der Waals surface area contributed by atoms with Crippen molar-refractivity contribution in [2.24, 2.45) is 5.73 Å². The molecule has 2 N–H and O–H groups in total. The Morgan fingerprint density at radius 2 is 2.42 bits per heavy atom. The summed E-state index contributed by atoms with van der Waals surface area (Å²) in [6.07, 6.45) is 3.87. The van der Waals surface area contributed by atoms with Gasteiger partial charge in [-0.25, -0.2) is 4.79 Å². The topological polar surface area (TPSA) is 52.3 Å². The van der Waals surface area contributed by atoms with Crippen LogP contribution in [-0.2, 0) is 9.53 Å². The van der Waals surface area contributed by atoms with Gasteiger partial charge in [0.1, 0.15) is 0 Å². The van der Waals surface area contributed by atoms with Crippen LogP contribution in [-0.4, -0.2) is 18.6 Å². The monoisotopic (exact) mass is 171 g/mol. The largest absolute Gasteiger partial charge is 0.463 e. The first-order valence-electron chi connectivity index (χ1n) is 4.25. The molecule has 0 bridgehead atoms. The Bertz CT molecular complexity index is 145. The van der Waals surface area contributed by atoms with Gasteiger partial charge in [-0.05, 0) is 19.3 Å². The van der Waals surface area contributed by atoms with E-state index in [0.717, 1.165) is 19.3 Å². The van der Waals surface area contributed by atoms with E-state index in [0.29, 0.717) is 6.61 Å². The molecule has 0 aliphatic carbocycles. The quantitative estimate of drug-likeness (QED) is 0.371. The summed E-state index contributed by atoms with van der Waals surface area (Å²) < 4.78 is 4.77. The molecule has 0 fully saturated rings. The van der Waals surface area contributed by atoms with Crippen LogP contribution in [0.15, 0.2) is 12.7 Å². The number of esters is 1. The maximum Gasteiger partial charge on any atom is 0.330 e. The number of carbonyl (C=O) groups excluding carboxylic acids is 1. The maximum absolute atomic E-state index is 10.6. The number of carbonyl (C=O) groups is 1. The van der Waals surface area contributed by atoms with Crippen LogP contribution in [0.4, 0.5) is 0 Å². The lowest BCUT2D eigenvalue weighted by Crippen LogP contribution is -2.19. The SMILES string of the molecule is C=CC(=O)OCCCC(N)CC. The van der Waals surface area contributed by atoms with Gasteiger partial charge in [-0.2, -0.15) is 0 Å². The lowest BCUT2D eigenvalue weighted by molar-refractivity contribution is -0.137. The van der Waals surface area contributed by atoms with E-state index < -0.39 is 0 Å². The van der Waals surface area contributed by atoms with Gasteiger partial charge in [0.05, 0.1) is 6.61 Å². The van der Waals surface area contributed by atoms with Crippen LogP contribution in [0, 0.1) is 0 Å². The fourth-order valence-electron chi connectivity index (χ4n) is 0.781. The van der Waals surface area contributed by atoms with Crippen molar-refractivity contribution in [3.63, 3.8) is 0 Å². The maximum atomic E-state index is 10.6. The first-order chi connectivity index (χ1) is 5.70. The second-order valence-electron chi connectivity index (χ2n) is 2.68. The number of rotatable bonds is 6. The van der Waals surface area contributed by atoms with Crippen LogP contribution in [0.1, 0.15) is 26.2 Å². The fraction of sp³-hybridized carbons (Fsp3) is 0.667. The van der Waals surface area contributed by atoms with E-state index in [1.165, 1.54) is 6.08 Å². The van der Waals surface area contributed by atoms with E-state index in [-0.39, 0.29) is 12.0 Å². The van der Waals surface area contributed by atoms with Gasteiger partial charge >= 0.3 is 5.97 Å². The molecule has 0 rings (SSSR count). The summed E-state index contributed by atoms with van der Waals surface area (Å²) >= 11 is 0. The summed E-state index contributed by atoms with van der Waals surface area (Å²) in [5, 5.41) is 0. The van der Waals surface area contributed by atoms with Crippen molar-refractivity contribution in [3.8, 4) is 0 Å². The number of nitrogens with two attached hydrogens (primary N) is 1. The molecule has 0 aliphatic heterocycles. The van der Waals surface area contributed by atoms with E-state index >= 15 is 0 Å². The lowest BCUT2D eigenvalue weighted by atomic mass is 10.1. The second-order valence-corrected chi connectivity index (χ2v) is 2.68. The Morgan fingerprint density at radius 3 is 2.92 bits per heavy atom. The molecule has 70 valence electrons. The minimum Gasteiger partial charge on any atom is -0.463 e. The molecule has 0 saturated heterocycles. The Labute approximate surface area is 73.6 Å². The first-order valence-corrected chi connectivity index (χ1v) is 4.25. The molecular formula is C9H17NO2. The Kier molecular flexibility index (Phi) is 6.38. The highest BCUT2D eigenvalue weighted by molar-refractivity contribution is 5.81. The Hall–Kier alpha value is -0.830. The predicted octanol–water partition coefficient (Wildman–Crippen LogP) is 1.23. The molecule has 1 unspecified atom stereocenters. The molecule has 0 aliphatic rings. The smallest absolute Gasteiger partial charge is 0.330 e. The standard InChI is InChI=1S/C9H17NO2/c1-3-8(10)6-5-7-12-9(11)4-2/h4,8H,2-3,5-7,10H2,1H3. The summed E-state index contributed by atoms with van der Waals surface area (Å²) in [6.45, 7) is 5.78. The highest BCUT2D eigenvalue weighted by atomic mass is 16.5. The van der Waals surface area contributed by atoms with Crippen molar-refractivity contribution >= 4 is 5.97 Å². The third-order valence-corrected chi connectivity index (χ3v) is 1.65. The van der Waals surface area contributed by atoms with E-state index in [9.17, 15) is 4.79 Å². The molecular weight excluding hydrogens is 154 g/mol. The predicted molar refractivity (Wildman–Crippen MR) is 48.7 cm³/mol. The van der Waals surface area contributed by atoms with Crippen LogP contribution in [0.5, 0.6) is 0 Å². The van der Waals surface area contributed by atoms with Crippen LogP contribution in [0.25, 0.3) is 0 Å². The van der Waals surface area contributed by atoms with Crippen molar-refractivity contribution in [2.45, 2.75) is 32.2 Å². The normalized spacial score (nSPS) is 12.2.